The maximum absolute atomic E-state index is 12.4. The summed E-state index contributed by atoms with van der Waals surface area (Å²) >= 11 is 0. The molecule has 7 nitrogen and oxygen atoms in total. The van der Waals surface area contributed by atoms with Gasteiger partial charge in [-0.25, -0.2) is 4.98 Å². The highest BCUT2D eigenvalue weighted by molar-refractivity contribution is 5.78. The number of nitrogens with one attached hydrogen (secondary N) is 1. The standard InChI is InChI=1S/C14H22N4O3/c1-20-11-8-12(14-15-2-3-16-14)18(9-11)10-13(19)17-4-6-21-7-5-17/h2-3,11-12H,4-10H2,1H3,(H,15,16)/t11-,12?/m1/s1. The van der Waals surface area contributed by atoms with Crippen LogP contribution in [0.25, 0.3) is 0 Å². The monoisotopic (exact) mass is 294 g/mol. The second-order valence-corrected chi connectivity index (χ2v) is 5.51. The summed E-state index contributed by atoms with van der Waals surface area (Å²) in [6.45, 7) is 3.81. The quantitative estimate of drug-likeness (QED) is 0.848. The first kappa shape index (κ1) is 14.5. The normalized spacial score (nSPS) is 27.2. The number of carbonyl (C=O) groups is 1. The molecule has 0 bridgehead atoms. The van der Waals surface area contributed by atoms with Crippen molar-refractivity contribution in [3.8, 4) is 0 Å². The maximum Gasteiger partial charge on any atom is 0.236 e. The van der Waals surface area contributed by atoms with Gasteiger partial charge in [0.05, 0.1) is 31.9 Å². The minimum atomic E-state index is 0.120. The number of hydrogen-bond acceptors (Lipinski definition) is 5. The van der Waals surface area contributed by atoms with Gasteiger partial charge in [-0.3, -0.25) is 9.69 Å². The van der Waals surface area contributed by atoms with Crippen molar-refractivity contribution in [2.75, 3.05) is 46.5 Å². The number of carbonyl (C=O) groups excluding carboxylic acids is 1. The Morgan fingerprint density at radius 3 is 3.00 bits per heavy atom. The van der Waals surface area contributed by atoms with Crippen molar-refractivity contribution < 1.29 is 14.3 Å². The summed E-state index contributed by atoms with van der Waals surface area (Å²) in [6.07, 6.45) is 4.58. The zero-order valence-electron chi connectivity index (χ0n) is 12.3. The van der Waals surface area contributed by atoms with Crippen LogP contribution < -0.4 is 0 Å². The molecule has 3 heterocycles. The Morgan fingerprint density at radius 2 is 2.33 bits per heavy atom. The molecule has 2 atom stereocenters. The highest BCUT2D eigenvalue weighted by atomic mass is 16.5. The molecular formula is C14H22N4O3. The number of nitrogens with zero attached hydrogens (tertiary/aromatic N) is 3. The predicted octanol–water partition coefficient (Wildman–Crippen LogP) is 0.0303. The summed E-state index contributed by atoms with van der Waals surface area (Å²) in [5, 5.41) is 0. The van der Waals surface area contributed by atoms with E-state index in [1.165, 1.54) is 0 Å². The van der Waals surface area contributed by atoms with E-state index >= 15 is 0 Å². The summed E-state index contributed by atoms with van der Waals surface area (Å²) in [7, 11) is 1.72. The number of amides is 1. The number of morpholine rings is 1. The molecule has 1 unspecified atom stereocenters. The van der Waals surface area contributed by atoms with Crippen molar-refractivity contribution in [3.63, 3.8) is 0 Å². The average molecular weight is 294 g/mol. The van der Waals surface area contributed by atoms with E-state index in [0.29, 0.717) is 32.8 Å². The first-order valence-corrected chi connectivity index (χ1v) is 7.39. The molecule has 1 N–H and O–H groups in total. The molecule has 0 radical (unpaired) electrons. The van der Waals surface area contributed by atoms with E-state index < -0.39 is 0 Å². The zero-order valence-corrected chi connectivity index (χ0v) is 12.3. The van der Waals surface area contributed by atoms with Crippen LogP contribution in [-0.2, 0) is 14.3 Å². The number of imidazole rings is 1. The number of aromatic amines is 1. The molecule has 7 heteroatoms. The maximum atomic E-state index is 12.4. The Labute approximate surface area is 124 Å². The lowest BCUT2D eigenvalue weighted by Gasteiger charge is -2.30. The van der Waals surface area contributed by atoms with E-state index in [-0.39, 0.29) is 18.1 Å². The van der Waals surface area contributed by atoms with Gasteiger partial charge in [0.2, 0.25) is 5.91 Å². The molecule has 116 valence electrons. The van der Waals surface area contributed by atoms with Gasteiger partial charge in [0, 0.05) is 39.1 Å². The van der Waals surface area contributed by atoms with E-state index in [2.05, 4.69) is 14.9 Å². The fourth-order valence-electron chi connectivity index (χ4n) is 3.04. The van der Waals surface area contributed by atoms with Crippen LogP contribution in [0.5, 0.6) is 0 Å². The second kappa shape index (κ2) is 6.55. The number of rotatable bonds is 4. The number of H-pyrrole nitrogens is 1. The van der Waals surface area contributed by atoms with E-state index in [1.807, 2.05) is 11.1 Å². The topological polar surface area (TPSA) is 70.7 Å². The summed E-state index contributed by atoms with van der Waals surface area (Å²) in [4.78, 5) is 23.9. The average Bonchev–Trinajstić information content (AvgIpc) is 3.17. The van der Waals surface area contributed by atoms with Crippen molar-refractivity contribution >= 4 is 5.91 Å². The molecule has 0 saturated carbocycles. The lowest BCUT2D eigenvalue weighted by atomic mass is 10.2. The summed E-state index contributed by atoms with van der Waals surface area (Å²) in [5.74, 6) is 1.07. The number of methoxy groups -OCH3 is 1. The lowest BCUT2D eigenvalue weighted by Crippen LogP contribution is -2.45. The minimum Gasteiger partial charge on any atom is -0.380 e. The Morgan fingerprint density at radius 1 is 1.52 bits per heavy atom. The molecule has 2 fully saturated rings. The molecule has 1 amide bonds. The van der Waals surface area contributed by atoms with Gasteiger partial charge in [-0.1, -0.05) is 0 Å². The SMILES string of the molecule is CO[C@@H]1CC(c2ncc[nH]2)N(CC(=O)N2CCOCC2)C1. The zero-order chi connectivity index (χ0) is 14.7. The molecule has 21 heavy (non-hydrogen) atoms. The first-order valence-electron chi connectivity index (χ1n) is 7.39. The van der Waals surface area contributed by atoms with Gasteiger partial charge < -0.3 is 19.4 Å². The third-order valence-electron chi connectivity index (χ3n) is 4.24. The smallest absolute Gasteiger partial charge is 0.236 e. The summed E-state index contributed by atoms with van der Waals surface area (Å²) in [6, 6.07) is 0.120. The van der Waals surface area contributed by atoms with Crippen LogP contribution in [0.3, 0.4) is 0 Å². The van der Waals surface area contributed by atoms with Gasteiger partial charge >= 0.3 is 0 Å². The molecule has 1 aromatic heterocycles. The third kappa shape index (κ3) is 3.25. The second-order valence-electron chi connectivity index (χ2n) is 5.51. The molecule has 2 aliphatic rings. The van der Waals surface area contributed by atoms with E-state index in [4.69, 9.17) is 9.47 Å². The van der Waals surface area contributed by atoms with Gasteiger partial charge in [-0.15, -0.1) is 0 Å². The molecule has 0 spiro atoms. The number of likely N-dealkylation sites (tertiary alicyclic amines) is 1. The Kier molecular flexibility index (Phi) is 4.52. The van der Waals surface area contributed by atoms with Crippen LogP contribution in [0.1, 0.15) is 18.3 Å². The third-order valence-corrected chi connectivity index (χ3v) is 4.24. The molecular weight excluding hydrogens is 272 g/mol. The van der Waals surface area contributed by atoms with Gasteiger partial charge in [0.1, 0.15) is 5.82 Å². The Bertz CT molecular complexity index is 459. The van der Waals surface area contributed by atoms with Gasteiger partial charge in [-0.05, 0) is 6.42 Å². The van der Waals surface area contributed by atoms with Crippen LogP contribution in [0.4, 0.5) is 0 Å². The van der Waals surface area contributed by atoms with Crippen LogP contribution in [0.15, 0.2) is 12.4 Å². The molecule has 3 rings (SSSR count). The highest BCUT2D eigenvalue weighted by Crippen LogP contribution is 2.31. The van der Waals surface area contributed by atoms with Gasteiger partial charge in [0.25, 0.3) is 0 Å². The van der Waals surface area contributed by atoms with Crippen molar-refractivity contribution in [2.45, 2.75) is 18.6 Å². The van der Waals surface area contributed by atoms with E-state index in [0.717, 1.165) is 18.8 Å². The largest absolute Gasteiger partial charge is 0.380 e. The van der Waals surface area contributed by atoms with Gasteiger partial charge in [-0.2, -0.15) is 0 Å². The first-order chi connectivity index (χ1) is 10.3. The van der Waals surface area contributed by atoms with Crippen molar-refractivity contribution in [3.05, 3.63) is 18.2 Å². The molecule has 0 aromatic carbocycles. The molecule has 2 saturated heterocycles. The fourth-order valence-corrected chi connectivity index (χ4v) is 3.04. The fraction of sp³-hybridized carbons (Fsp3) is 0.714. The minimum absolute atomic E-state index is 0.120. The Hall–Kier alpha value is -1.44. The van der Waals surface area contributed by atoms with Crippen LogP contribution in [-0.4, -0.2) is 78.3 Å². The molecule has 0 aliphatic carbocycles. The van der Waals surface area contributed by atoms with Crippen LogP contribution in [0.2, 0.25) is 0 Å². The molecule has 2 aliphatic heterocycles. The number of aromatic nitrogens is 2. The predicted molar refractivity (Wildman–Crippen MR) is 75.7 cm³/mol. The van der Waals surface area contributed by atoms with Crippen LogP contribution in [0, 0.1) is 0 Å². The number of ether oxygens (including phenoxy) is 2. The Balaban J connectivity index is 1.65. The number of hydrogen-bond donors (Lipinski definition) is 1. The van der Waals surface area contributed by atoms with Crippen LogP contribution >= 0.6 is 0 Å². The van der Waals surface area contributed by atoms with Crippen molar-refractivity contribution in [2.24, 2.45) is 0 Å². The molecule has 1 aromatic rings. The van der Waals surface area contributed by atoms with E-state index in [1.54, 1.807) is 13.3 Å². The summed E-state index contributed by atoms with van der Waals surface area (Å²) in [5.41, 5.74) is 0. The lowest BCUT2D eigenvalue weighted by molar-refractivity contribution is -0.136. The van der Waals surface area contributed by atoms with Crippen molar-refractivity contribution in [1.82, 2.24) is 19.8 Å². The van der Waals surface area contributed by atoms with Gasteiger partial charge in [0.15, 0.2) is 0 Å². The highest BCUT2D eigenvalue weighted by Gasteiger charge is 2.36. The van der Waals surface area contributed by atoms with Crippen molar-refractivity contribution in [1.29, 1.82) is 0 Å². The summed E-state index contributed by atoms with van der Waals surface area (Å²) < 4.78 is 10.8. The van der Waals surface area contributed by atoms with E-state index in [9.17, 15) is 4.79 Å².